The Balaban J connectivity index is 0.810. The van der Waals surface area contributed by atoms with Gasteiger partial charge in [-0.1, -0.05) is 250 Å². The highest BCUT2D eigenvalue weighted by Gasteiger charge is 2.52. The molecule has 2 unspecified atom stereocenters. The highest BCUT2D eigenvalue weighted by Crippen LogP contribution is 2.64. The van der Waals surface area contributed by atoms with E-state index in [-0.39, 0.29) is 16.2 Å². The molecule has 0 bridgehead atoms. The van der Waals surface area contributed by atoms with Crippen molar-refractivity contribution in [3.05, 3.63) is 293 Å². The summed E-state index contributed by atoms with van der Waals surface area (Å²) in [5, 5.41) is 0. The second-order valence-corrected chi connectivity index (χ2v) is 26.7. The first-order valence-corrected chi connectivity index (χ1v) is 29.7. The van der Waals surface area contributed by atoms with Crippen molar-refractivity contribution < 1.29 is 0 Å². The second kappa shape index (κ2) is 18.4. The van der Waals surface area contributed by atoms with E-state index >= 15 is 0 Å². The third kappa shape index (κ3) is 7.80. The van der Waals surface area contributed by atoms with Crippen molar-refractivity contribution in [3.8, 4) is 77.9 Å². The van der Waals surface area contributed by atoms with Crippen LogP contribution in [0.25, 0.3) is 77.9 Å². The fourth-order valence-corrected chi connectivity index (χ4v) is 15.2. The molecule has 0 aromatic heterocycles. The Morgan fingerprint density at radius 2 is 0.780 bits per heavy atom. The topological polar surface area (TPSA) is 3.24 Å². The Morgan fingerprint density at radius 3 is 1.40 bits per heavy atom. The van der Waals surface area contributed by atoms with Crippen LogP contribution in [0.2, 0.25) is 0 Å². The number of fused-ring (bicyclic) bond motifs is 16. The van der Waals surface area contributed by atoms with Crippen LogP contribution in [0.3, 0.4) is 0 Å². The first-order valence-electron chi connectivity index (χ1n) is 29.7. The molecule has 15 rings (SSSR count). The molecule has 11 aromatic rings. The first-order chi connectivity index (χ1) is 39.6. The van der Waals surface area contributed by atoms with Crippen molar-refractivity contribution in [3.63, 3.8) is 0 Å². The fraction of sp³-hybridized carbons (Fsp3) is 0.185. The van der Waals surface area contributed by atoms with Crippen LogP contribution in [0, 0.1) is 10.8 Å². The standard InChI is InChI=1S/C81H69N/c1-78(2,3)50-77(79(4,5)6)54-28-26-53(27-29-54)56-34-41-68-65-21-13-16-24-72(65)81(75(68)46-56)73-25-17-14-22-66(73)69-42-35-57(47-76(69)81)55-33-40-63-59(44-55)45-58-32-38-61(48-70(58)63)82(60-36-30-52(31-37-60)51-18-10-9-11-19-51)62-39-43-67-64-20-12-15-23-71(64)80(7,8)74(67)49-62/h9-44,46-49,77H,45,50H2,1-8H3. The Bertz CT molecular complexity index is 4350. The average molecular weight is 1060 g/mol. The molecule has 2 atom stereocenters. The molecule has 0 fully saturated rings. The van der Waals surface area contributed by atoms with E-state index in [0.29, 0.717) is 5.92 Å². The van der Waals surface area contributed by atoms with E-state index < -0.39 is 5.41 Å². The third-order valence-electron chi connectivity index (χ3n) is 19.1. The van der Waals surface area contributed by atoms with Gasteiger partial charge in [0, 0.05) is 22.5 Å². The zero-order chi connectivity index (χ0) is 55.9. The zero-order valence-corrected chi connectivity index (χ0v) is 48.5. The normalized spacial score (nSPS) is 15.9. The van der Waals surface area contributed by atoms with Gasteiger partial charge in [0.25, 0.3) is 0 Å². The Kier molecular flexibility index (Phi) is 11.2. The minimum atomic E-state index is -0.469. The third-order valence-corrected chi connectivity index (χ3v) is 19.1. The monoisotopic (exact) mass is 1060 g/mol. The van der Waals surface area contributed by atoms with Crippen molar-refractivity contribution in [1.82, 2.24) is 0 Å². The highest BCUT2D eigenvalue weighted by molar-refractivity contribution is 5.97. The van der Waals surface area contributed by atoms with Gasteiger partial charge in [-0.2, -0.15) is 0 Å². The molecule has 4 aliphatic rings. The fourth-order valence-electron chi connectivity index (χ4n) is 15.2. The molecule has 0 saturated carbocycles. The molecular weight excluding hydrogens is 987 g/mol. The maximum absolute atomic E-state index is 2.55. The Hall–Kier alpha value is -8.78. The molecule has 0 amide bonds. The predicted octanol–water partition coefficient (Wildman–Crippen LogP) is 21.9. The lowest BCUT2D eigenvalue weighted by molar-refractivity contribution is 0.229. The molecule has 0 aliphatic heterocycles. The number of nitrogens with zero attached hydrogens (tertiary/aromatic N) is 1. The van der Waals surface area contributed by atoms with Crippen molar-refractivity contribution in [2.45, 2.75) is 85.0 Å². The number of benzene rings is 11. The van der Waals surface area contributed by atoms with Gasteiger partial charge < -0.3 is 4.90 Å². The van der Waals surface area contributed by atoms with E-state index in [4.69, 9.17) is 0 Å². The smallest absolute Gasteiger partial charge is 0.0725 e. The molecule has 1 heteroatoms. The molecular formula is C81H69N. The minimum absolute atomic E-state index is 0.117. The van der Waals surface area contributed by atoms with E-state index in [1.807, 2.05) is 0 Å². The summed E-state index contributed by atoms with van der Waals surface area (Å²) >= 11 is 0. The molecule has 0 saturated heterocycles. The van der Waals surface area contributed by atoms with Crippen LogP contribution in [0.5, 0.6) is 0 Å². The predicted molar refractivity (Wildman–Crippen MR) is 346 cm³/mol. The summed E-state index contributed by atoms with van der Waals surface area (Å²) in [7, 11) is 0. The summed E-state index contributed by atoms with van der Waals surface area (Å²) in [4.78, 5) is 2.47. The van der Waals surface area contributed by atoms with Crippen molar-refractivity contribution in [1.29, 1.82) is 0 Å². The first kappa shape index (κ1) is 50.2. The van der Waals surface area contributed by atoms with Crippen molar-refractivity contribution >= 4 is 17.1 Å². The average Bonchev–Trinajstić information content (AvgIpc) is 2.69. The number of rotatable bonds is 8. The van der Waals surface area contributed by atoms with Gasteiger partial charge >= 0.3 is 0 Å². The molecule has 82 heavy (non-hydrogen) atoms. The van der Waals surface area contributed by atoms with E-state index in [9.17, 15) is 0 Å². The van der Waals surface area contributed by atoms with Gasteiger partial charge in [0.2, 0.25) is 0 Å². The SMILES string of the molecule is CC(C)(C)CC(c1ccc(-c2ccc3c(c2)C2(c4ccccc4-3)c3ccccc3-c3ccc(-c4ccc5c(c4)Cc4ccc(N(c6ccc(-c7ccccc7)cc6)c6ccc7c(c6)C(C)(C)c6ccccc6-7)cc4-5)cc32)cc1)C(C)(C)C. The van der Waals surface area contributed by atoms with Gasteiger partial charge in [-0.15, -0.1) is 0 Å². The summed E-state index contributed by atoms with van der Waals surface area (Å²) in [6.45, 7) is 19.1. The van der Waals surface area contributed by atoms with Crippen LogP contribution in [0.15, 0.2) is 243 Å². The van der Waals surface area contributed by atoms with Gasteiger partial charge in [-0.05, 0) is 206 Å². The van der Waals surface area contributed by atoms with Crippen molar-refractivity contribution in [2.24, 2.45) is 10.8 Å². The van der Waals surface area contributed by atoms with Gasteiger partial charge in [0.1, 0.15) is 0 Å². The Morgan fingerprint density at radius 1 is 0.341 bits per heavy atom. The second-order valence-electron chi connectivity index (χ2n) is 26.7. The minimum Gasteiger partial charge on any atom is -0.310 e. The molecule has 1 nitrogen and oxygen atoms in total. The van der Waals surface area contributed by atoms with Crippen LogP contribution >= 0.6 is 0 Å². The molecule has 0 N–H and O–H groups in total. The molecule has 1 spiro atoms. The Labute approximate surface area is 485 Å². The van der Waals surface area contributed by atoms with Gasteiger partial charge in [-0.3, -0.25) is 0 Å². The van der Waals surface area contributed by atoms with E-state index in [1.54, 1.807) is 0 Å². The summed E-state index contributed by atoms with van der Waals surface area (Å²) in [6.07, 6.45) is 2.04. The molecule has 4 aliphatic carbocycles. The summed E-state index contributed by atoms with van der Waals surface area (Å²) in [5.74, 6) is 0.466. The number of anilines is 3. The summed E-state index contributed by atoms with van der Waals surface area (Å²) in [5.41, 5.74) is 33.7. The van der Waals surface area contributed by atoms with Crippen LogP contribution in [0.4, 0.5) is 17.1 Å². The van der Waals surface area contributed by atoms with Gasteiger partial charge in [0.15, 0.2) is 0 Å². The number of hydrogen-bond donors (Lipinski definition) is 0. The van der Waals surface area contributed by atoms with Crippen LogP contribution in [0.1, 0.15) is 118 Å². The van der Waals surface area contributed by atoms with E-state index in [0.717, 1.165) is 29.9 Å². The van der Waals surface area contributed by atoms with Crippen LogP contribution in [-0.4, -0.2) is 0 Å². The molecule has 11 aromatic carbocycles. The van der Waals surface area contributed by atoms with E-state index in [2.05, 4.69) is 303 Å². The van der Waals surface area contributed by atoms with Crippen molar-refractivity contribution in [2.75, 3.05) is 4.90 Å². The van der Waals surface area contributed by atoms with E-state index in [1.165, 1.54) is 128 Å². The lowest BCUT2D eigenvalue weighted by atomic mass is 9.69. The molecule has 0 radical (unpaired) electrons. The van der Waals surface area contributed by atoms with Gasteiger partial charge in [-0.25, -0.2) is 0 Å². The highest BCUT2D eigenvalue weighted by atomic mass is 15.1. The number of hydrogen-bond acceptors (Lipinski definition) is 1. The molecule has 398 valence electrons. The molecule has 0 heterocycles. The quantitative estimate of drug-likeness (QED) is 0.147. The maximum Gasteiger partial charge on any atom is 0.0725 e. The lowest BCUT2D eigenvalue weighted by Crippen LogP contribution is -2.26. The largest absolute Gasteiger partial charge is 0.310 e. The van der Waals surface area contributed by atoms with Crippen LogP contribution < -0.4 is 4.90 Å². The van der Waals surface area contributed by atoms with Gasteiger partial charge in [0.05, 0.1) is 5.41 Å². The zero-order valence-electron chi connectivity index (χ0n) is 48.5. The summed E-state index contributed by atoms with van der Waals surface area (Å²) < 4.78 is 0. The lowest BCUT2D eigenvalue weighted by Gasteiger charge is -2.36. The summed E-state index contributed by atoms with van der Waals surface area (Å²) in [6, 6.07) is 92.9. The van der Waals surface area contributed by atoms with Crippen LogP contribution in [-0.2, 0) is 17.3 Å². The maximum atomic E-state index is 2.55.